The second-order valence-corrected chi connectivity index (χ2v) is 6.88. The van der Waals surface area contributed by atoms with Crippen molar-refractivity contribution in [3.63, 3.8) is 0 Å². The summed E-state index contributed by atoms with van der Waals surface area (Å²) in [7, 11) is 0. The third-order valence-corrected chi connectivity index (χ3v) is 4.81. The number of nitrogens with one attached hydrogen (secondary N) is 1. The fraction of sp³-hybridized carbons (Fsp3) is 0.562. The molecule has 5 heteroatoms. The van der Waals surface area contributed by atoms with Gasteiger partial charge in [0.05, 0.1) is 0 Å². The number of benzene rings is 1. The third kappa shape index (κ3) is 4.05. The van der Waals surface area contributed by atoms with Crippen molar-refractivity contribution in [2.45, 2.75) is 25.8 Å². The molecule has 1 aromatic rings. The van der Waals surface area contributed by atoms with Gasteiger partial charge in [-0.3, -0.25) is 4.79 Å². The van der Waals surface area contributed by atoms with E-state index in [2.05, 4.69) is 33.1 Å². The van der Waals surface area contributed by atoms with E-state index in [0.717, 1.165) is 36.1 Å². The number of likely N-dealkylation sites (tertiary alicyclic amines) is 1. The number of nitrogens with zero attached hydrogens (tertiary/aromatic N) is 1. The lowest BCUT2D eigenvalue weighted by Crippen LogP contribution is -2.50. The molecule has 0 aromatic heterocycles. The lowest BCUT2D eigenvalue weighted by molar-refractivity contribution is -0.126. The first-order valence-electron chi connectivity index (χ1n) is 7.49. The number of hydrogen-bond acceptors (Lipinski definition) is 3. The van der Waals surface area contributed by atoms with Gasteiger partial charge in [-0.15, -0.1) is 0 Å². The number of nitrogens with two attached hydrogens (primary N) is 1. The summed E-state index contributed by atoms with van der Waals surface area (Å²) >= 11 is 3.39. The zero-order chi connectivity index (χ0) is 15.5. The van der Waals surface area contributed by atoms with Crippen molar-refractivity contribution < 1.29 is 4.79 Å². The van der Waals surface area contributed by atoms with Crippen molar-refractivity contribution in [1.29, 1.82) is 0 Å². The molecule has 1 saturated heterocycles. The van der Waals surface area contributed by atoms with Gasteiger partial charge in [0, 0.05) is 17.6 Å². The molecule has 0 spiro atoms. The number of carbonyl (C=O) groups is 1. The Hall–Kier alpha value is -0.910. The largest absolute Gasteiger partial charge is 0.354 e. The summed E-state index contributed by atoms with van der Waals surface area (Å²) in [4.78, 5) is 14.8. The molecular weight excluding hydrogens is 330 g/mol. The van der Waals surface area contributed by atoms with E-state index in [1.165, 1.54) is 0 Å². The molecule has 1 aliphatic heterocycles. The van der Waals surface area contributed by atoms with Crippen molar-refractivity contribution in [1.82, 2.24) is 10.2 Å². The molecule has 2 rings (SSSR count). The lowest BCUT2D eigenvalue weighted by Gasteiger charge is -2.25. The Morgan fingerprint density at radius 2 is 2.14 bits per heavy atom. The molecule has 2 atom stereocenters. The van der Waals surface area contributed by atoms with Gasteiger partial charge in [0.15, 0.2) is 0 Å². The minimum atomic E-state index is -0.996. The van der Waals surface area contributed by atoms with Crippen LogP contribution in [0.3, 0.4) is 0 Å². The molecule has 21 heavy (non-hydrogen) atoms. The van der Waals surface area contributed by atoms with E-state index in [1.54, 1.807) is 6.92 Å². The van der Waals surface area contributed by atoms with Crippen LogP contribution >= 0.6 is 15.9 Å². The smallest absolute Gasteiger partial charge is 0.244 e. The van der Waals surface area contributed by atoms with E-state index < -0.39 is 5.54 Å². The van der Waals surface area contributed by atoms with Crippen LogP contribution in [0.5, 0.6) is 0 Å². The third-order valence-electron chi connectivity index (χ3n) is 4.28. The number of amides is 1. The Bertz CT molecular complexity index is 487. The summed E-state index contributed by atoms with van der Waals surface area (Å²) in [6, 6.07) is 7.59. The van der Waals surface area contributed by atoms with Gasteiger partial charge in [0.25, 0.3) is 0 Å². The molecule has 0 radical (unpaired) electrons. The molecular formula is C16H24BrN3O. The van der Waals surface area contributed by atoms with Crippen LogP contribution < -0.4 is 11.1 Å². The van der Waals surface area contributed by atoms with E-state index >= 15 is 0 Å². The van der Waals surface area contributed by atoms with Crippen LogP contribution in [0.25, 0.3) is 0 Å². The normalized spacial score (nSPS) is 22.0. The summed E-state index contributed by atoms with van der Waals surface area (Å²) in [6.45, 7) is 7.92. The van der Waals surface area contributed by atoms with Crippen LogP contribution in [0.1, 0.15) is 25.8 Å². The summed E-state index contributed by atoms with van der Waals surface area (Å²) in [6.07, 6.45) is 1.15. The highest BCUT2D eigenvalue weighted by Crippen LogP contribution is 2.21. The number of rotatable bonds is 5. The fourth-order valence-electron chi connectivity index (χ4n) is 2.71. The van der Waals surface area contributed by atoms with Gasteiger partial charge in [-0.05, 0) is 50.0 Å². The summed E-state index contributed by atoms with van der Waals surface area (Å²) in [5.74, 6) is 0.425. The van der Waals surface area contributed by atoms with E-state index in [4.69, 9.17) is 5.73 Å². The maximum atomic E-state index is 12.4. The SMILES string of the molecule is CCN1CCC(CNC(=O)C(C)(N)c2ccc(Br)cc2)C1. The van der Waals surface area contributed by atoms with Crippen LogP contribution in [0.4, 0.5) is 0 Å². The maximum absolute atomic E-state index is 12.4. The van der Waals surface area contributed by atoms with Crippen molar-refractivity contribution in [2.24, 2.45) is 11.7 Å². The highest BCUT2D eigenvalue weighted by Gasteiger charge is 2.31. The average molecular weight is 354 g/mol. The molecule has 1 aromatic carbocycles. The van der Waals surface area contributed by atoms with E-state index in [0.29, 0.717) is 12.5 Å². The first-order chi connectivity index (χ1) is 9.93. The molecule has 0 bridgehead atoms. The van der Waals surface area contributed by atoms with Crippen LogP contribution in [0.15, 0.2) is 28.7 Å². The molecule has 2 unspecified atom stereocenters. The van der Waals surface area contributed by atoms with E-state index in [1.807, 2.05) is 24.3 Å². The predicted octanol–water partition coefficient (Wildman–Crippen LogP) is 2.08. The van der Waals surface area contributed by atoms with Crippen LogP contribution in [-0.4, -0.2) is 37.0 Å². The topological polar surface area (TPSA) is 58.4 Å². The minimum Gasteiger partial charge on any atom is -0.354 e. The quantitative estimate of drug-likeness (QED) is 0.851. The second-order valence-electron chi connectivity index (χ2n) is 5.97. The number of halogens is 1. The molecule has 1 aliphatic rings. The van der Waals surface area contributed by atoms with Gasteiger partial charge in [0.1, 0.15) is 5.54 Å². The van der Waals surface area contributed by atoms with Crippen molar-refractivity contribution in [3.8, 4) is 0 Å². The first-order valence-corrected chi connectivity index (χ1v) is 8.28. The predicted molar refractivity (Wildman–Crippen MR) is 88.9 cm³/mol. The minimum absolute atomic E-state index is 0.111. The molecule has 116 valence electrons. The van der Waals surface area contributed by atoms with E-state index in [-0.39, 0.29) is 5.91 Å². The fourth-order valence-corrected chi connectivity index (χ4v) is 2.98. The molecule has 1 fully saturated rings. The van der Waals surface area contributed by atoms with Crippen molar-refractivity contribution in [3.05, 3.63) is 34.3 Å². The Morgan fingerprint density at radius 1 is 1.48 bits per heavy atom. The molecule has 1 amide bonds. The summed E-state index contributed by atoms with van der Waals surface area (Å²) in [5, 5.41) is 3.02. The van der Waals surface area contributed by atoms with Crippen LogP contribution in [-0.2, 0) is 10.3 Å². The Morgan fingerprint density at radius 3 is 2.71 bits per heavy atom. The van der Waals surface area contributed by atoms with Gasteiger partial charge >= 0.3 is 0 Å². The maximum Gasteiger partial charge on any atom is 0.244 e. The van der Waals surface area contributed by atoms with Gasteiger partial charge in [-0.1, -0.05) is 35.0 Å². The number of carbonyl (C=O) groups excluding carboxylic acids is 1. The monoisotopic (exact) mass is 353 g/mol. The van der Waals surface area contributed by atoms with Crippen molar-refractivity contribution >= 4 is 21.8 Å². The zero-order valence-electron chi connectivity index (χ0n) is 12.7. The Kier molecular flexibility index (Phi) is 5.41. The Labute approximate surface area is 135 Å². The highest BCUT2D eigenvalue weighted by molar-refractivity contribution is 9.10. The summed E-state index contributed by atoms with van der Waals surface area (Å²) in [5.41, 5.74) is 6.06. The molecule has 0 aliphatic carbocycles. The number of hydrogen-bond donors (Lipinski definition) is 2. The van der Waals surface area contributed by atoms with Crippen molar-refractivity contribution in [2.75, 3.05) is 26.2 Å². The average Bonchev–Trinajstić information content (AvgIpc) is 2.93. The second kappa shape index (κ2) is 6.90. The lowest BCUT2D eigenvalue weighted by atomic mass is 9.92. The first kappa shape index (κ1) is 16.5. The Balaban J connectivity index is 1.91. The van der Waals surface area contributed by atoms with Gasteiger partial charge in [-0.2, -0.15) is 0 Å². The van der Waals surface area contributed by atoms with Crippen LogP contribution in [0, 0.1) is 5.92 Å². The zero-order valence-corrected chi connectivity index (χ0v) is 14.3. The standard InChI is InChI=1S/C16H24BrN3O/c1-3-20-9-8-12(11-20)10-19-15(21)16(2,18)13-4-6-14(17)7-5-13/h4-7,12H,3,8-11,18H2,1-2H3,(H,19,21). The van der Waals surface area contributed by atoms with Crippen LogP contribution in [0.2, 0.25) is 0 Å². The van der Waals surface area contributed by atoms with Gasteiger partial charge in [0.2, 0.25) is 5.91 Å². The summed E-state index contributed by atoms with van der Waals surface area (Å²) < 4.78 is 0.980. The molecule has 4 nitrogen and oxygen atoms in total. The molecule has 0 saturated carbocycles. The van der Waals surface area contributed by atoms with E-state index in [9.17, 15) is 4.79 Å². The van der Waals surface area contributed by atoms with Gasteiger partial charge < -0.3 is 16.0 Å². The molecule has 3 N–H and O–H groups in total. The highest BCUT2D eigenvalue weighted by atomic mass is 79.9. The molecule has 1 heterocycles. The van der Waals surface area contributed by atoms with Gasteiger partial charge in [-0.25, -0.2) is 0 Å².